The molecule has 1 heterocycles. The van der Waals surface area contributed by atoms with Gasteiger partial charge in [0.2, 0.25) is 0 Å². The van der Waals surface area contributed by atoms with Crippen molar-refractivity contribution < 1.29 is 4.79 Å². The summed E-state index contributed by atoms with van der Waals surface area (Å²) < 4.78 is 0. The highest BCUT2D eigenvalue weighted by Gasteiger charge is 2.24. The molecule has 0 bridgehead atoms. The van der Waals surface area contributed by atoms with Crippen LogP contribution in [0.25, 0.3) is 6.08 Å². The average molecular weight is 385 g/mol. The summed E-state index contributed by atoms with van der Waals surface area (Å²) in [7, 11) is 0. The number of amides is 1. The van der Waals surface area contributed by atoms with Crippen LogP contribution >= 0.6 is 23.4 Å². The van der Waals surface area contributed by atoms with Gasteiger partial charge in [0.25, 0.3) is 5.91 Å². The van der Waals surface area contributed by atoms with Crippen LogP contribution in [0.1, 0.15) is 37.5 Å². The first-order chi connectivity index (χ1) is 12.2. The van der Waals surface area contributed by atoms with E-state index in [1.54, 1.807) is 0 Å². The maximum Gasteiger partial charge on any atom is 0.264 e. The second kappa shape index (κ2) is 7.29. The number of hydrogen-bond acceptors (Lipinski definition) is 3. The van der Waals surface area contributed by atoms with Gasteiger partial charge in [0.05, 0.1) is 10.6 Å². The summed E-state index contributed by atoms with van der Waals surface area (Å²) in [5.41, 5.74) is 4.03. The van der Waals surface area contributed by atoms with Gasteiger partial charge in [0.15, 0.2) is 5.17 Å². The minimum Gasteiger partial charge on any atom is -0.300 e. The zero-order valence-corrected chi connectivity index (χ0v) is 16.8. The predicted molar refractivity (Wildman–Crippen MR) is 112 cm³/mol. The average Bonchev–Trinajstić information content (AvgIpc) is 2.91. The Morgan fingerprint density at radius 1 is 1.12 bits per heavy atom. The molecule has 0 spiro atoms. The van der Waals surface area contributed by atoms with Gasteiger partial charge < -0.3 is 5.32 Å². The van der Waals surface area contributed by atoms with Crippen LogP contribution in [0.15, 0.2) is 52.4 Å². The van der Waals surface area contributed by atoms with Crippen molar-refractivity contribution in [1.29, 1.82) is 0 Å². The van der Waals surface area contributed by atoms with Crippen molar-refractivity contribution in [2.45, 2.75) is 33.1 Å². The quantitative estimate of drug-likeness (QED) is 0.661. The van der Waals surface area contributed by atoms with Crippen LogP contribution in [-0.2, 0) is 10.2 Å². The molecule has 134 valence electrons. The van der Waals surface area contributed by atoms with Crippen molar-refractivity contribution in [3.8, 4) is 0 Å². The first-order valence-electron chi connectivity index (χ1n) is 8.39. The molecule has 1 N–H and O–H groups in total. The monoisotopic (exact) mass is 384 g/mol. The highest BCUT2D eigenvalue weighted by molar-refractivity contribution is 8.18. The molecule has 26 heavy (non-hydrogen) atoms. The number of nitrogens with one attached hydrogen (secondary N) is 1. The molecule has 0 aromatic heterocycles. The Hall–Kier alpha value is -2.04. The largest absolute Gasteiger partial charge is 0.300 e. The summed E-state index contributed by atoms with van der Waals surface area (Å²) in [6, 6.07) is 13.9. The van der Waals surface area contributed by atoms with Crippen LogP contribution in [0.5, 0.6) is 0 Å². The lowest BCUT2D eigenvalue weighted by Crippen LogP contribution is -2.19. The number of nitrogens with zero attached hydrogens (tertiary/aromatic N) is 1. The number of rotatable bonds is 2. The molecule has 1 aliphatic heterocycles. The number of benzene rings is 2. The van der Waals surface area contributed by atoms with Crippen molar-refractivity contribution in [3.63, 3.8) is 0 Å². The molecule has 1 amide bonds. The number of amidine groups is 1. The molecule has 0 radical (unpaired) electrons. The molecular formula is C21H21ClN2OS. The number of hydrogen-bond donors (Lipinski definition) is 1. The Morgan fingerprint density at radius 3 is 2.46 bits per heavy atom. The van der Waals surface area contributed by atoms with Crippen molar-refractivity contribution in [2.24, 2.45) is 4.99 Å². The molecule has 1 fully saturated rings. The smallest absolute Gasteiger partial charge is 0.264 e. The molecular weight excluding hydrogens is 364 g/mol. The third-order valence-corrected chi connectivity index (χ3v) is 5.51. The lowest BCUT2D eigenvalue weighted by atomic mass is 9.87. The van der Waals surface area contributed by atoms with Crippen molar-refractivity contribution in [1.82, 2.24) is 5.32 Å². The molecule has 1 saturated heterocycles. The van der Waals surface area contributed by atoms with E-state index in [-0.39, 0.29) is 11.3 Å². The number of aliphatic imine (C=N–C) groups is 1. The van der Waals surface area contributed by atoms with Crippen LogP contribution in [-0.4, -0.2) is 11.1 Å². The fourth-order valence-electron chi connectivity index (χ4n) is 2.54. The fraction of sp³-hybridized carbons (Fsp3) is 0.238. The van der Waals surface area contributed by atoms with Gasteiger partial charge in [-0.25, -0.2) is 4.99 Å². The van der Waals surface area contributed by atoms with Crippen molar-refractivity contribution in [2.75, 3.05) is 0 Å². The van der Waals surface area contributed by atoms with Gasteiger partial charge in [-0.3, -0.25) is 4.79 Å². The Kier molecular flexibility index (Phi) is 5.26. The Labute approximate surface area is 163 Å². The van der Waals surface area contributed by atoms with E-state index >= 15 is 0 Å². The summed E-state index contributed by atoms with van der Waals surface area (Å²) >= 11 is 7.47. The predicted octanol–water partition coefficient (Wildman–Crippen LogP) is 5.84. The third-order valence-electron chi connectivity index (χ3n) is 4.19. The number of carbonyl (C=O) groups excluding carboxylic acids is 1. The van der Waals surface area contributed by atoms with Crippen LogP contribution in [0, 0.1) is 6.92 Å². The van der Waals surface area contributed by atoms with Gasteiger partial charge in [0.1, 0.15) is 0 Å². The number of thioether (sulfide) groups is 1. The molecule has 5 heteroatoms. The molecule has 3 rings (SSSR count). The second-order valence-electron chi connectivity index (χ2n) is 7.24. The normalized spacial score (nSPS) is 17.8. The number of carbonyl (C=O) groups is 1. The van der Waals surface area contributed by atoms with E-state index in [9.17, 15) is 4.79 Å². The van der Waals surface area contributed by atoms with Crippen molar-refractivity contribution in [3.05, 3.63) is 69.1 Å². The topological polar surface area (TPSA) is 41.5 Å². The number of halogens is 1. The standard InChI is InChI=1S/C21H21ClN2OS/c1-13-16(22)6-5-7-17(13)23-20-24-19(25)18(26-20)12-14-8-10-15(11-9-14)21(2,3)4/h5-12H,1-4H3,(H,23,24,25)/b18-12-. The molecule has 0 aliphatic carbocycles. The highest BCUT2D eigenvalue weighted by atomic mass is 35.5. The lowest BCUT2D eigenvalue weighted by molar-refractivity contribution is -0.115. The van der Waals surface area contributed by atoms with Crippen LogP contribution < -0.4 is 5.32 Å². The highest BCUT2D eigenvalue weighted by Crippen LogP contribution is 2.31. The fourth-order valence-corrected chi connectivity index (χ4v) is 3.54. The third kappa shape index (κ3) is 4.19. The van der Waals surface area contributed by atoms with E-state index < -0.39 is 0 Å². The Morgan fingerprint density at radius 2 is 1.81 bits per heavy atom. The first-order valence-corrected chi connectivity index (χ1v) is 9.59. The van der Waals surface area contributed by atoms with Crippen LogP contribution in [0.3, 0.4) is 0 Å². The molecule has 2 aromatic rings. The molecule has 2 aromatic carbocycles. The summed E-state index contributed by atoms with van der Waals surface area (Å²) in [5.74, 6) is -0.131. The summed E-state index contributed by atoms with van der Waals surface area (Å²) in [4.78, 5) is 17.4. The Bertz CT molecular complexity index is 909. The van der Waals surface area contributed by atoms with E-state index in [4.69, 9.17) is 11.6 Å². The van der Waals surface area contributed by atoms with Gasteiger partial charge in [-0.2, -0.15) is 0 Å². The SMILES string of the molecule is Cc1c(Cl)cccc1N=C1NC(=O)/C(=C/c2ccc(C(C)(C)C)cc2)S1. The molecule has 0 unspecified atom stereocenters. The summed E-state index contributed by atoms with van der Waals surface area (Å²) in [6.45, 7) is 8.46. The lowest BCUT2D eigenvalue weighted by Gasteiger charge is -2.18. The van der Waals surface area contributed by atoms with E-state index in [1.165, 1.54) is 17.3 Å². The van der Waals surface area contributed by atoms with E-state index in [1.807, 2.05) is 43.3 Å². The molecule has 1 aliphatic rings. The zero-order valence-electron chi connectivity index (χ0n) is 15.3. The summed E-state index contributed by atoms with van der Waals surface area (Å²) in [5, 5.41) is 4.05. The Balaban J connectivity index is 1.82. The van der Waals surface area contributed by atoms with Gasteiger partial charge in [-0.15, -0.1) is 0 Å². The van der Waals surface area contributed by atoms with E-state index in [0.29, 0.717) is 15.1 Å². The minimum absolute atomic E-state index is 0.111. The molecule has 0 atom stereocenters. The summed E-state index contributed by atoms with van der Waals surface area (Å²) in [6.07, 6.45) is 1.89. The van der Waals surface area contributed by atoms with Gasteiger partial charge in [0, 0.05) is 5.02 Å². The zero-order chi connectivity index (χ0) is 18.9. The van der Waals surface area contributed by atoms with Crippen molar-refractivity contribution >= 4 is 46.2 Å². The van der Waals surface area contributed by atoms with Gasteiger partial charge in [-0.05, 0) is 59.0 Å². The van der Waals surface area contributed by atoms with Crippen LogP contribution in [0.2, 0.25) is 5.02 Å². The molecule has 0 saturated carbocycles. The second-order valence-corrected chi connectivity index (χ2v) is 8.68. The van der Waals surface area contributed by atoms with Gasteiger partial charge in [-0.1, -0.05) is 62.7 Å². The van der Waals surface area contributed by atoms with Crippen LogP contribution in [0.4, 0.5) is 5.69 Å². The first kappa shape index (κ1) is 18.7. The minimum atomic E-state index is -0.131. The molecule has 3 nitrogen and oxygen atoms in total. The maximum absolute atomic E-state index is 12.3. The van der Waals surface area contributed by atoms with E-state index in [0.717, 1.165) is 16.8 Å². The maximum atomic E-state index is 12.3. The van der Waals surface area contributed by atoms with E-state index in [2.05, 4.69) is 43.2 Å². The van der Waals surface area contributed by atoms with Gasteiger partial charge >= 0.3 is 0 Å².